The number of halogens is 1. The van der Waals surface area contributed by atoms with Crippen LogP contribution in [0.5, 0.6) is 0 Å². The predicted molar refractivity (Wildman–Crippen MR) is 97.3 cm³/mol. The molecule has 1 N–H and O–H groups in total. The third-order valence-corrected chi connectivity index (χ3v) is 6.54. The number of nitrogens with one attached hydrogen (secondary N) is 1. The lowest BCUT2D eigenvalue weighted by atomic mass is 9.96. The molecule has 1 fully saturated rings. The molecular weight excluding hydrogens is 360 g/mol. The van der Waals surface area contributed by atoms with Gasteiger partial charge in [0.05, 0.1) is 24.2 Å². The van der Waals surface area contributed by atoms with Crippen LogP contribution in [0.25, 0.3) is 0 Å². The van der Waals surface area contributed by atoms with Crippen LogP contribution < -0.4 is 4.72 Å². The highest BCUT2D eigenvalue weighted by Crippen LogP contribution is 2.26. The predicted octanol–water partition coefficient (Wildman–Crippen LogP) is 2.89. The Kier molecular flexibility index (Phi) is 5.43. The van der Waals surface area contributed by atoms with Gasteiger partial charge in [-0.1, -0.05) is 11.6 Å². The normalized spacial score (nSPS) is 20.8. The van der Waals surface area contributed by atoms with Crippen LogP contribution in [-0.2, 0) is 21.2 Å². The molecule has 1 aromatic carbocycles. The molecule has 1 aliphatic rings. The van der Waals surface area contributed by atoms with Crippen molar-refractivity contribution in [1.82, 2.24) is 9.71 Å². The van der Waals surface area contributed by atoms with Crippen molar-refractivity contribution in [3.8, 4) is 0 Å². The lowest BCUT2D eigenvalue weighted by Crippen LogP contribution is -2.40. The lowest BCUT2D eigenvalue weighted by Gasteiger charge is -2.20. The van der Waals surface area contributed by atoms with Crippen LogP contribution in [0.1, 0.15) is 16.7 Å². The van der Waals surface area contributed by atoms with E-state index < -0.39 is 10.0 Å². The van der Waals surface area contributed by atoms with Gasteiger partial charge in [0, 0.05) is 23.3 Å². The molecule has 2 aromatic rings. The number of sulfonamides is 1. The molecule has 7 heteroatoms. The van der Waals surface area contributed by atoms with Crippen LogP contribution in [0.4, 0.5) is 0 Å². The third kappa shape index (κ3) is 4.20. The highest BCUT2D eigenvalue weighted by Gasteiger charge is 2.33. The van der Waals surface area contributed by atoms with Crippen molar-refractivity contribution in [3.63, 3.8) is 0 Å². The van der Waals surface area contributed by atoms with Gasteiger partial charge >= 0.3 is 0 Å². The molecule has 0 saturated carbocycles. The molecule has 2 heterocycles. The van der Waals surface area contributed by atoms with Crippen LogP contribution in [0.2, 0.25) is 5.02 Å². The van der Waals surface area contributed by atoms with Gasteiger partial charge in [0.1, 0.15) is 0 Å². The van der Waals surface area contributed by atoms with Crippen LogP contribution in [0, 0.1) is 19.8 Å². The van der Waals surface area contributed by atoms with Gasteiger partial charge < -0.3 is 4.74 Å². The second kappa shape index (κ2) is 7.41. The molecule has 3 rings (SSSR count). The molecular formula is C18H21ClN2O3S. The van der Waals surface area contributed by atoms with Crippen LogP contribution in [-0.4, -0.2) is 32.7 Å². The summed E-state index contributed by atoms with van der Waals surface area (Å²) in [7, 11) is -3.64. The zero-order valence-electron chi connectivity index (χ0n) is 14.2. The zero-order valence-corrected chi connectivity index (χ0v) is 15.8. The van der Waals surface area contributed by atoms with E-state index >= 15 is 0 Å². The number of aromatic nitrogens is 1. The van der Waals surface area contributed by atoms with Gasteiger partial charge in [0.2, 0.25) is 10.0 Å². The van der Waals surface area contributed by atoms with Crippen molar-refractivity contribution in [2.45, 2.75) is 31.2 Å². The Morgan fingerprint density at radius 1 is 1.20 bits per heavy atom. The second-order valence-electron chi connectivity index (χ2n) is 6.45. The highest BCUT2D eigenvalue weighted by molar-refractivity contribution is 7.89. The number of benzene rings is 1. The summed E-state index contributed by atoms with van der Waals surface area (Å²) in [6, 6.07) is 6.93. The summed E-state index contributed by atoms with van der Waals surface area (Å²) in [6.07, 6.45) is 4.22. The number of rotatable bonds is 5. The molecule has 0 bridgehead atoms. The number of pyridine rings is 1. The number of ether oxygens (including phenoxy) is 1. The van der Waals surface area contributed by atoms with Crippen LogP contribution >= 0.6 is 11.6 Å². The molecule has 5 nitrogen and oxygen atoms in total. The molecule has 1 aromatic heterocycles. The van der Waals surface area contributed by atoms with E-state index in [-0.39, 0.29) is 16.9 Å². The van der Waals surface area contributed by atoms with E-state index in [1.165, 1.54) is 0 Å². The Morgan fingerprint density at radius 2 is 1.92 bits per heavy atom. The Balaban J connectivity index is 1.79. The van der Waals surface area contributed by atoms with E-state index in [0.29, 0.717) is 23.8 Å². The van der Waals surface area contributed by atoms with Crippen molar-refractivity contribution >= 4 is 21.6 Å². The molecule has 1 aliphatic heterocycles. The number of hydrogen-bond acceptors (Lipinski definition) is 4. The fourth-order valence-electron chi connectivity index (χ4n) is 3.06. The number of nitrogens with zero attached hydrogens (tertiary/aromatic N) is 1. The summed E-state index contributed by atoms with van der Waals surface area (Å²) in [5, 5.41) is 0.566. The average Bonchev–Trinajstić information content (AvgIpc) is 2.98. The molecule has 134 valence electrons. The van der Waals surface area contributed by atoms with Gasteiger partial charge in [-0.15, -0.1) is 0 Å². The maximum atomic E-state index is 12.9. The minimum atomic E-state index is -3.64. The van der Waals surface area contributed by atoms with Gasteiger partial charge in [0.15, 0.2) is 0 Å². The van der Waals surface area contributed by atoms with Crippen molar-refractivity contribution in [2.75, 3.05) is 13.2 Å². The zero-order chi connectivity index (χ0) is 18.0. The molecule has 0 spiro atoms. The van der Waals surface area contributed by atoms with Gasteiger partial charge in [-0.05, 0) is 61.2 Å². The number of hydrogen-bond donors (Lipinski definition) is 1. The van der Waals surface area contributed by atoms with E-state index in [2.05, 4.69) is 9.71 Å². The SMILES string of the molecule is Cc1cc(S(=O)(=O)N[C@@H]2COC[C@H]2Cc2ccncc2)c(C)cc1Cl. The van der Waals surface area contributed by atoms with Crippen molar-refractivity contribution < 1.29 is 13.2 Å². The monoisotopic (exact) mass is 380 g/mol. The van der Waals surface area contributed by atoms with Crippen LogP contribution in [0.15, 0.2) is 41.6 Å². The Hall–Kier alpha value is -1.47. The molecule has 25 heavy (non-hydrogen) atoms. The van der Waals surface area contributed by atoms with Gasteiger partial charge in [0.25, 0.3) is 0 Å². The fraction of sp³-hybridized carbons (Fsp3) is 0.389. The molecule has 0 radical (unpaired) electrons. The first-order valence-corrected chi connectivity index (χ1v) is 9.98. The number of aryl methyl sites for hydroxylation is 2. The van der Waals surface area contributed by atoms with Crippen molar-refractivity contribution in [3.05, 3.63) is 58.4 Å². The average molecular weight is 381 g/mol. The Bertz CT molecular complexity index is 856. The summed E-state index contributed by atoms with van der Waals surface area (Å²) in [4.78, 5) is 4.28. The van der Waals surface area contributed by atoms with E-state index in [4.69, 9.17) is 16.3 Å². The highest BCUT2D eigenvalue weighted by atomic mass is 35.5. The molecule has 0 aliphatic carbocycles. The van der Waals surface area contributed by atoms with Crippen molar-refractivity contribution in [1.29, 1.82) is 0 Å². The summed E-state index contributed by atoms with van der Waals surface area (Å²) in [5.41, 5.74) is 2.49. The fourth-order valence-corrected chi connectivity index (χ4v) is 4.88. The second-order valence-corrected chi connectivity index (χ2v) is 8.54. The maximum Gasteiger partial charge on any atom is 0.241 e. The Labute approximate surface area is 153 Å². The lowest BCUT2D eigenvalue weighted by molar-refractivity contribution is 0.183. The Morgan fingerprint density at radius 3 is 2.64 bits per heavy atom. The first-order chi connectivity index (χ1) is 11.9. The van der Waals surface area contributed by atoms with Crippen molar-refractivity contribution in [2.24, 2.45) is 5.92 Å². The van der Waals surface area contributed by atoms with Gasteiger partial charge in [-0.2, -0.15) is 0 Å². The molecule has 1 saturated heterocycles. The summed E-state index contributed by atoms with van der Waals surface area (Å²) in [6.45, 7) is 4.46. The van der Waals surface area contributed by atoms with Crippen LogP contribution in [0.3, 0.4) is 0 Å². The smallest absolute Gasteiger partial charge is 0.241 e. The topological polar surface area (TPSA) is 68.3 Å². The van der Waals surface area contributed by atoms with Gasteiger partial charge in [-0.25, -0.2) is 13.1 Å². The summed E-state index contributed by atoms with van der Waals surface area (Å²) >= 11 is 6.08. The summed E-state index contributed by atoms with van der Waals surface area (Å²) in [5.74, 6) is 0.0888. The third-order valence-electron chi connectivity index (χ3n) is 4.50. The van der Waals surface area contributed by atoms with Gasteiger partial charge in [-0.3, -0.25) is 4.98 Å². The minimum absolute atomic E-state index is 0.0888. The first-order valence-electron chi connectivity index (χ1n) is 8.12. The van der Waals surface area contributed by atoms with E-state index in [1.807, 2.05) is 12.1 Å². The van der Waals surface area contributed by atoms with E-state index in [0.717, 1.165) is 17.5 Å². The standard InChI is InChI=1S/C18H21ClN2O3S/c1-12-8-18(13(2)7-16(12)19)25(22,23)21-17-11-24-10-15(17)9-14-3-5-20-6-4-14/h3-8,15,17,21H,9-11H2,1-2H3/t15-,17-/m1/s1. The quantitative estimate of drug-likeness (QED) is 0.866. The summed E-state index contributed by atoms with van der Waals surface area (Å²) < 4.78 is 34.1. The minimum Gasteiger partial charge on any atom is -0.379 e. The largest absolute Gasteiger partial charge is 0.379 e. The maximum absolute atomic E-state index is 12.9. The molecule has 2 atom stereocenters. The first kappa shape index (κ1) is 18.3. The van der Waals surface area contributed by atoms with E-state index in [1.54, 1.807) is 38.4 Å². The molecule has 0 amide bonds. The van der Waals surface area contributed by atoms with E-state index in [9.17, 15) is 8.42 Å². The molecule has 0 unspecified atom stereocenters.